The van der Waals surface area contributed by atoms with Crippen molar-refractivity contribution in [2.24, 2.45) is 0 Å². The number of nitrogens with one attached hydrogen (secondary N) is 1. The third-order valence-electron chi connectivity index (χ3n) is 3.66. The fraction of sp³-hybridized carbons (Fsp3) is 0.692. The van der Waals surface area contributed by atoms with E-state index >= 15 is 0 Å². The Hall–Kier alpha value is -1.07. The molecule has 2 heterocycles. The van der Waals surface area contributed by atoms with E-state index in [1.165, 1.54) is 4.57 Å². The van der Waals surface area contributed by atoms with E-state index in [2.05, 4.69) is 9.88 Å². The maximum atomic E-state index is 12.5. The lowest BCUT2D eigenvalue weighted by Gasteiger charge is -2.30. The summed E-state index contributed by atoms with van der Waals surface area (Å²) in [6, 6.07) is -0.0650. The van der Waals surface area contributed by atoms with Gasteiger partial charge in [-0.2, -0.15) is 0 Å². The number of aromatic nitrogens is 2. The van der Waals surface area contributed by atoms with Crippen molar-refractivity contribution < 1.29 is 0 Å². The van der Waals surface area contributed by atoms with Crippen molar-refractivity contribution in [2.75, 3.05) is 20.1 Å². The van der Waals surface area contributed by atoms with E-state index in [0.29, 0.717) is 5.56 Å². The summed E-state index contributed by atoms with van der Waals surface area (Å²) in [4.78, 5) is 29.3. The van der Waals surface area contributed by atoms with Crippen molar-refractivity contribution in [2.45, 2.75) is 38.6 Å². The third kappa shape index (κ3) is 2.77. The number of hydrogen-bond acceptors (Lipinski definition) is 3. The minimum Gasteiger partial charge on any atom is -0.304 e. The number of halogens is 1. The monoisotopic (exact) mass is 285 g/mol. The van der Waals surface area contributed by atoms with Gasteiger partial charge in [-0.25, -0.2) is 4.79 Å². The van der Waals surface area contributed by atoms with E-state index in [-0.39, 0.29) is 22.7 Å². The third-order valence-corrected chi connectivity index (χ3v) is 3.96. The van der Waals surface area contributed by atoms with Gasteiger partial charge in [0, 0.05) is 6.54 Å². The highest BCUT2D eigenvalue weighted by Crippen LogP contribution is 2.20. The molecule has 0 amide bonds. The summed E-state index contributed by atoms with van der Waals surface area (Å²) in [6.45, 7) is 5.53. The van der Waals surface area contributed by atoms with Gasteiger partial charge in [-0.3, -0.25) is 14.3 Å². The summed E-state index contributed by atoms with van der Waals surface area (Å²) in [5, 5.41) is 0.172. The lowest BCUT2D eigenvalue weighted by Crippen LogP contribution is -2.45. The van der Waals surface area contributed by atoms with Crippen molar-refractivity contribution in [3.8, 4) is 0 Å². The molecule has 5 nitrogen and oxygen atoms in total. The summed E-state index contributed by atoms with van der Waals surface area (Å²) < 4.78 is 1.34. The highest BCUT2D eigenvalue weighted by molar-refractivity contribution is 6.30. The van der Waals surface area contributed by atoms with E-state index < -0.39 is 5.69 Å². The first-order chi connectivity index (χ1) is 8.91. The molecule has 1 unspecified atom stereocenters. The molecule has 0 aromatic carbocycles. The average molecular weight is 286 g/mol. The lowest BCUT2D eigenvalue weighted by molar-refractivity contribution is 0.205. The zero-order valence-corrected chi connectivity index (χ0v) is 12.3. The molecule has 1 aromatic heterocycles. The second-order valence-corrected chi connectivity index (χ2v) is 5.92. The van der Waals surface area contributed by atoms with Gasteiger partial charge in [-0.05, 0) is 32.4 Å². The molecule has 2 rings (SSSR count). The Bertz CT molecular complexity index is 576. The minimum absolute atomic E-state index is 0.00980. The van der Waals surface area contributed by atoms with E-state index in [0.717, 1.165) is 25.9 Å². The lowest BCUT2D eigenvalue weighted by atomic mass is 10.0. The number of H-pyrrole nitrogens is 1. The standard InChI is InChI=1S/C13H20ClN3O2/c1-8(2)10-11(14)15-13(19)17(12(10)18)9-5-4-6-16(3)7-9/h8-9H,4-7H2,1-3H3,(H,15,19). The van der Waals surface area contributed by atoms with Gasteiger partial charge in [-0.1, -0.05) is 25.4 Å². The SMILES string of the molecule is CC(C)c1c(Cl)[nH]c(=O)n(C2CCCN(C)C2)c1=O. The smallest absolute Gasteiger partial charge is 0.304 e. The van der Waals surface area contributed by atoms with Crippen molar-refractivity contribution in [3.05, 3.63) is 31.6 Å². The fourth-order valence-corrected chi connectivity index (χ4v) is 3.10. The van der Waals surface area contributed by atoms with Crippen LogP contribution in [-0.2, 0) is 0 Å². The highest BCUT2D eigenvalue weighted by atomic mass is 35.5. The van der Waals surface area contributed by atoms with Crippen LogP contribution in [0.5, 0.6) is 0 Å². The Morgan fingerprint density at radius 2 is 2.05 bits per heavy atom. The molecule has 1 aliphatic heterocycles. The molecule has 1 aromatic rings. The Morgan fingerprint density at radius 1 is 1.37 bits per heavy atom. The molecule has 1 N–H and O–H groups in total. The van der Waals surface area contributed by atoms with Crippen molar-refractivity contribution in [1.29, 1.82) is 0 Å². The molecule has 106 valence electrons. The number of likely N-dealkylation sites (tertiary alicyclic amines) is 1. The van der Waals surface area contributed by atoms with E-state index in [4.69, 9.17) is 11.6 Å². The molecule has 1 saturated heterocycles. The Balaban J connectivity index is 2.54. The summed E-state index contributed by atoms with van der Waals surface area (Å²) in [5.74, 6) is -0.00980. The molecule has 19 heavy (non-hydrogen) atoms. The van der Waals surface area contributed by atoms with Crippen LogP contribution in [0.1, 0.15) is 44.2 Å². The first kappa shape index (κ1) is 14.3. The normalized spacial score (nSPS) is 21.0. The van der Waals surface area contributed by atoms with Crippen molar-refractivity contribution >= 4 is 11.6 Å². The Labute approximate surface area is 117 Å². The van der Waals surface area contributed by atoms with Crippen LogP contribution in [0.4, 0.5) is 0 Å². The predicted octanol–water partition coefficient (Wildman–Crippen LogP) is 1.58. The van der Waals surface area contributed by atoms with Gasteiger partial charge in [0.05, 0.1) is 11.6 Å². The van der Waals surface area contributed by atoms with Gasteiger partial charge in [0.15, 0.2) is 0 Å². The molecule has 0 spiro atoms. The zero-order valence-electron chi connectivity index (χ0n) is 11.6. The van der Waals surface area contributed by atoms with Crippen LogP contribution in [0, 0.1) is 0 Å². The van der Waals surface area contributed by atoms with Crippen LogP contribution in [-0.4, -0.2) is 34.6 Å². The fourth-order valence-electron chi connectivity index (χ4n) is 2.72. The van der Waals surface area contributed by atoms with Crippen LogP contribution < -0.4 is 11.2 Å². The molecule has 0 bridgehead atoms. The number of likely N-dealkylation sites (N-methyl/N-ethyl adjacent to an activating group) is 1. The van der Waals surface area contributed by atoms with Crippen LogP contribution in [0.15, 0.2) is 9.59 Å². The molecule has 1 atom stereocenters. The van der Waals surface area contributed by atoms with Gasteiger partial charge in [-0.15, -0.1) is 0 Å². The average Bonchev–Trinajstić information content (AvgIpc) is 2.27. The summed E-state index contributed by atoms with van der Waals surface area (Å²) in [7, 11) is 2.00. The van der Waals surface area contributed by atoms with Gasteiger partial charge >= 0.3 is 5.69 Å². The first-order valence-electron chi connectivity index (χ1n) is 6.64. The van der Waals surface area contributed by atoms with Crippen LogP contribution in [0.2, 0.25) is 5.15 Å². The number of hydrogen-bond donors (Lipinski definition) is 1. The summed E-state index contributed by atoms with van der Waals surface area (Å²) >= 11 is 5.99. The molecular formula is C13H20ClN3O2. The molecule has 1 aliphatic rings. The topological polar surface area (TPSA) is 58.1 Å². The van der Waals surface area contributed by atoms with Crippen LogP contribution in [0.25, 0.3) is 0 Å². The quantitative estimate of drug-likeness (QED) is 0.840. The first-order valence-corrected chi connectivity index (χ1v) is 7.02. The van der Waals surface area contributed by atoms with Gasteiger partial charge in [0.1, 0.15) is 5.15 Å². The number of nitrogens with zero attached hydrogens (tertiary/aromatic N) is 2. The summed E-state index contributed by atoms with van der Waals surface area (Å²) in [5.41, 5.74) is -0.154. The maximum absolute atomic E-state index is 12.5. The van der Waals surface area contributed by atoms with Crippen LogP contribution >= 0.6 is 11.6 Å². The molecular weight excluding hydrogens is 266 g/mol. The van der Waals surface area contributed by atoms with E-state index in [1.54, 1.807) is 0 Å². The number of aromatic amines is 1. The maximum Gasteiger partial charge on any atom is 0.329 e. The number of rotatable bonds is 2. The largest absolute Gasteiger partial charge is 0.329 e. The Morgan fingerprint density at radius 3 is 2.63 bits per heavy atom. The number of piperidine rings is 1. The molecule has 0 aliphatic carbocycles. The molecule has 1 fully saturated rings. The molecule has 6 heteroatoms. The van der Waals surface area contributed by atoms with Crippen molar-refractivity contribution in [1.82, 2.24) is 14.5 Å². The zero-order chi connectivity index (χ0) is 14.2. The van der Waals surface area contributed by atoms with Gasteiger partial charge < -0.3 is 4.90 Å². The van der Waals surface area contributed by atoms with Gasteiger partial charge in [0.25, 0.3) is 5.56 Å². The van der Waals surface area contributed by atoms with Gasteiger partial charge in [0.2, 0.25) is 0 Å². The molecule has 0 saturated carbocycles. The summed E-state index contributed by atoms with van der Waals surface area (Å²) in [6.07, 6.45) is 1.85. The second-order valence-electron chi connectivity index (χ2n) is 5.55. The molecule has 0 radical (unpaired) electrons. The second kappa shape index (κ2) is 5.51. The van der Waals surface area contributed by atoms with E-state index in [1.807, 2.05) is 20.9 Å². The van der Waals surface area contributed by atoms with E-state index in [9.17, 15) is 9.59 Å². The Kier molecular flexibility index (Phi) is 4.16. The minimum atomic E-state index is -0.403. The van der Waals surface area contributed by atoms with Crippen molar-refractivity contribution in [3.63, 3.8) is 0 Å². The highest BCUT2D eigenvalue weighted by Gasteiger charge is 2.24. The predicted molar refractivity (Wildman–Crippen MR) is 76.2 cm³/mol. The van der Waals surface area contributed by atoms with Crippen LogP contribution in [0.3, 0.4) is 0 Å².